The first-order valence-corrected chi connectivity index (χ1v) is 9.48. The Balaban J connectivity index is 0.00000225. The molecule has 2 heterocycles. The Bertz CT molecular complexity index is 665. The molecule has 0 radical (unpaired) electrons. The maximum absolute atomic E-state index is 12.1. The van der Waals surface area contributed by atoms with Crippen LogP contribution in [0.5, 0.6) is 0 Å². The van der Waals surface area contributed by atoms with Gasteiger partial charge in [0.05, 0.1) is 11.4 Å². The van der Waals surface area contributed by atoms with Crippen molar-refractivity contribution in [2.45, 2.75) is 37.6 Å². The molecule has 7 heteroatoms. The van der Waals surface area contributed by atoms with Gasteiger partial charge in [0.25, 0.3) is 0 Å². The standard InChI is InChI=1S/C18H23N3O2S.ClH/c1-13-16(8-5-9-19-13)21-17(22)12-24-11-15-10-23-18(20-15)14-6-3-2-4-7-14;/h2-4,6-7,10,13,16,19H,5,8-9,11-12H2,1H3,(H,21,22);1H. The first kappa shape index (κ1) is 19.8. The highest BCUT2D eigenvalue weighted by Crippen LogP contribution is 2.20. The number of hydrogen-bond donors (Lipinski definition) is 2. The van der Waals surface area contributed by atoms with E-state index in [1.54, 1.807) is 18.0 Å². The summed E-state index contributed by atoms with van der Waals surface area (Å²) in [5.41, 5.74) is 1.82. The molecule has 136 valence electrons. The maximum Gasteiger partial charge on any atom is 0.230 e. The Morgan fingerprint density at radius 2 is 2.20 bits per heavy atom. The van der Waals surface area contributed by atoms with E-state index in [0.29, 0.717) is 23.4 Å². The second-order valence-electron chi connectivity index (χ2n) is 6.06. The van der Waals surface area contributed by atoms with E-state index in [2.05, 4.69) is 22.5 Å². The van der Waals surface area contributed by atoms with E-state index in [4.69, 9.17) is 4.42 Å². The molecule has 1 amide bonds. The van der Waals surface area contributed by atoms with Gasteiger partial charge in [-0.15, -0.1) is 24.2 Å². The third-order valence-corrected chi connectivity index (χ3v) is 5.13. The molecule has 1 aromatic carbocycles. The number of piperidine rings is 1. The molecular weight excluding hydrogens is 358 g/mol. The number of thioether (sulfide) groups is 1. The van der Waals surface area contributed by atoms with Gasteiger partial charge in [0.2, 0.25) is 11.8 Å². The van der Waals surface area contributed by atoms with E-state index < -0.39 is 0 Å². The lowest BCUT2D eigenvalue weighted by Gasteiger charge is -2.30. The topological polar surface area (TPSA) is 67.2 Å². The first-order valence-electron chi connectivity index (χ1n) is 8.32. The monoisotopic (exact) mass is 381 g/mol. The molecule has 25 heavy (non-hydrogen) atoms. The lowest BCUT2D eigenvalue weighted by molar-refractivity contribution is -0.119. The molecule has 1 aliphatic heterocycles. The van der Waals surface area contributed by atoms with Crippen LogP contribution in [0.1, 0.15) is 25.5 Å². The van der Waals surface area contributed by atoms with Gasteiger partial charge in [-0.2, -0.15) is 0 Å². The van der Waals surface area contributed by atoms with E-state index >= 15 is 0 Å². The smallest absolute Gasteiger partial charge is 0.230 e. The number of carbonyl (C=O) groups is 1. The van der Waals surface area contributed by atoms with Crippen LogP contribution in [0.25, 0.3) is 11.5 Å². The molecule has 2 N–H and O–H groups in total. The third kappa shape index (κ3) is 5.76. The number of oxazole rings is 1. The molecule has 1 saturated heterocycles. The van der Waals surface area contributed by atoms with Crippen LogP contribution in [0.15, 0.2) is 41.0 Å². The normalized spacial score (nSPS) is 19.9. The maximum atomic E-state index is 12.1. The summed E-state index contributed by atoms with van der Waals surface area (Å²) >= 11 is 1.56. The summed E-state index contributed by atoms with van der Waals surface area (Å²) in [5, 5.41) is 6.51. The minimum absolute atomic E-state index is 0. The summed E-state index contributed by atoms with van der Waals surface area (Å²) in [6, 6.07) is 10.4. The van der Waals surface area contributed by atoms with Gasteiger partial charge in [0, 0.05) is 23.4 Å². The average molecular weight is 382 g/mol. The van der Waals surface area contributed by atoms with E-state index in [9.17, 15) is 4.79 Å². The molecular formula is C18H24ClN3O2S. The predicted molar refractivity (Wildman–Crippen MR) is 104 cm³/mol. The second kappa shape index (κ2) is 9.85. The van der Waals surface area contributed by atoms with Crippen molar-refractivity contribution in [3.05, 3.63) is 42.3 Å². The Morgan fingerprint density at radius 3 is 2.96 bits per heavy atom. The molecule has 2 unspecified atom stereocenters. The Morgan fingerprint density at radius 1 is 1.40 bits per heavy atom. The second-order valence-corrected chi connectivity index (χ2v) is 7.05. The molecule has 2 atom stereocenters. The highest BCUT2D eigenvalue weighted by Gasteiger charge is 2.22. The zero-order chi connectivity index (χ0) is 16.8. The van der Waals surface area contributed by atoms with Crippen LogP contribution < -0.4 is 10.6 Å². The minimum atomic E-state index is 0. The van der Waals surface area contributed by atoms with E-state index in [1.165, 1.54) is 0 Å². The molecule has 2 aromatic rings. The van der Waals surface area contributed by atoms with Crippen molar-refractivity contribution in [2.24, 2.45) is 0 Å². The number of nitrogens with zero attached hydrogens (tertiary/aromatic N) is 1. The zero-order valence-corrected chi connectivity index (χ0v) is 15.9. The number of halogens is 1. The highest BCUT2D eigenvalue weighted by atomic mass is 35.5. The highest BCUT2D eigenvalue weighted by molar-refractivity contribution is 7.99. The van der Waals surface area contributed by atoms with E-state index in [0.717, 1.165) is 30.6 Å². The lowest BCUT2D eigenvalue weighted by Crippen LogP contribution is -2.52. The molecule has 0 saturated carbocycles. The summed E-state index contributed by atoms with van der Waals surface area (Å²) in [6.45, 7) is 3.16. The van der Waals surface area contributed by atoms with Gasteiger partial charge in [0.1, 0.15) is 6.26 Å². The van der Waals surface area contributed by atoms with Crippen molar-refractivity contribution in [1.82, 2.24) is 15.6 Å². The number of carbonyl (C=O) groups excluding carboxylic acids is 1. The Kier molecular flexibility index (Phi) is 7.81. The lowest BCUT2D eigenvalue weighted by atomic mass is 10.00. The minimum Gasteiger partial charge on any atom is -0.444 e. The molecule has 0 spiro atoms. The Hall–Kier alpha value is -1.50. The number of hydrogen-bond acceptors (Lipinski definition) is 5. The van der Waals surface area contributed by atoms with Crippen LogP contribution in [0.4, 0.5) is 0 Å². The van der Waals surface area contributed by atoms with Crippen molar-refractivity contribution in [3.63, 3.8) is 0 Å². The summed E-state index contributed by atoms with van der Waals surface area (Å²) in [7, 11) is 0. The summed E-state index contributed by atoms with van der Waals surface area (Å²) < 4.78 is 5.51. The van der Waals surface area contributed by atoms with Gasteiger partial charge >= 0.3 is 0 Å². The van der Waals surface area contributed by atoms with Gasteiger partial charge in [-0.05, 0) is 38.4 Å². The number of rotatable bonds is 6. The van der Waals surface area contributed by atoms with Crippen LogP contribution in [0, 0.1) is 0 Å². The van der Waals surface area contributed by atoms with Crippen LogP contribution in [-0.4, -0.2) is 35.3 Å². The largest absolute Gasteiger partial charge is 0.444 e. The van der Waals surface area contributed by atoms with Crippen LogP contribution in [0.3, 0.4) is 0 Å². The zero-order valence-electron chi connectivity index (χ0n) is 14.2. The third-order valence-electron chi connectivity index (χ3n) is 4.16. The fraction of sp³-hybridized carbons (Fsp3) is 0.444. The van der Waals surface area contributed by atoms with Crippen molar-refractivity contribution < 1.29 is 9.21 Å². The molecule has 1 aromatic heterocycles. The van der Waals surface area contributed by atoms with E-state index in [-0.39, 0.29) is 24.4 Å². The van der Waals surface area contributed by atoms with Gasteiger partial charge in [0.15, 0.2) is 0 Å². The van der Waals surface area contributed by atoms with Crippen molar-refractivity contribution >= 4 is 30.1 Å². The summed E-state index contributed by atoms with van der Waals surface area (Å²) in [4.78, 5) is 16.5. The van der Waals surface area contributed by atoms with Crippen LogP contribution >= 0.6 is 24.2 Å². The van der Waals surface area contributed by atoms with Crippen LogP contribution in [-0.2, 0) is 10.5 Å². The number of benzene rings is 1. The molecule has 0 aliphatic carbocycles. The fourth-order valence-electron chi connectivity index (χ4n) is 2.82. The van der Waals surface area contributed by atoms with Crippen LogP contribution in [0.2, 0.25) is 0 Å². The number of nitrogens with one attached hydrogen (secondary N) is 2. The van der Waals surface area contributed by atoms with E-state index in [1.807, 2.05) is 30.3 Å². The van der Waals surface area contributed by atoms with Gasteiger partial charge in [-0.3, -0.25) is 4.79 Å². The van der Waals surface area contributed by atoms with Crippen molar-refractivity contribution in [2.75, 3.05) is 12.3 Å². The molecule has 5 nitrogen and oxygen atoms in total. The average Bonchev–Trinajstić information content (AvgIpc) is 3.07. The quantitative estimate of drug-likeness (QED) is 0.803. The first-order chi connectivity index (χ1) is 11.7. The van der Waals surface area contributed by atoms with Gasteiger partial charge in [-0.25, -0.2) is 4.98 Å². The molecule has 0 bridgehead atoms. The van der Waals surface area contributed by atoms with Gasteiger partial charge < -0.3 is 15.1 Å². The SMILES string of the molecule is CC1NCCCC1NC(=O)CSCc1coc(-c2ccccc2)n1.Cl. The Labute approximate surface area is 158 Å². The molecule has 1 fully saturated rings. The van der Waals surface area contributed by atoms with Crippen molar-refractivity contribution in [1.29, 1.82) is 0 Å². The van der Waals surface area contributed by atoms with Gasteiger partial charge in [-0.1, -0.05) is 18.2 Å². The molecule has 1 aliphatic rings. The fourth-order valence-corrected chi connectivity index (χ4v) is 3.54. The number of aromatic nitrogens is 1. The van der Waals surface area contributed by atoms with Crippen molar-refractivity contribution in [3.8, 4) is 11.5 Å². The molecule has 3 rings (SSSR count). The predicted octanol–water partition coefficient (Wildman–Crippen LogP) is 3.25. The summed E-state index contributed by atoms with van der Waals surface area (Å²) in [5.74, 6) is 1.82. The number of amides is 1. The summed E-state index contributed by atoms with van der Waals surface area (Å²) in [6.07, 6.45) is 3.83.